The molecular weight excluding hydrogens is 272 g/mol. The Morgan fingerprint density at radius 2 is 1.57 bits per heavy atom. The molecule has 1 aliphatic rings. The number of aliphatic hydroxyl groups excluding tert-OH is 1. The molecule has 0 radical (unpaired) electrons. The highest BCUT2D eigenvalue weighted by Gasteiger charge is 2.43. The van der Waals surface area contributed by atoms with Gasteiger partial charge in [-0.25, -0.2) is 8.78 Å². The number of hydrogen-bond donors (Lipinski definition) is 1. The molecule has 0 atom stereocenters. The second-order valence-corrected chi connectivity index (χ2v) is 5.65. The lowest BCUT2D eigenvalue weighted by molar-refractivity contribution is 0.0126. The van der Waals surface area contributed by atoms with Crippen LogP contribution in [0, 0.1) is 11.6 Å². The van der Waals surface area contributed by atoms with Gasteiger partial charge in [0.15, 0.2) is 0 Å². The van der Waals surface area contributed by atoms with Crippen molar-refractivity contribution < 1.29 is 13.9 Å². The molecule has 2 nitrogen and oxygen atoms in total. The molecule has 0 aliphatic carbocycles. The Kier molecular flexibility index (Phi) is 3.74. The molecule has 1 N–H and O–H groups in total. The summed E-state index contributed by atoms with van der Waals surface area (Å²) >= 11 is 0. The molecule has 0 amide bonds. The van der Waals surface area contributed by atoms with E-state index in [1.165, 1.54) is 18.2 Å². The number of halogens is 2. The smallest absolute Gasteiger partial charge is 0.130 e. The Hall–Kier alpha value is -1.78. The van der Waals surface area contributed by atoms with Crippen molar-refractivity contribution in [3.63, 3.8) is 0 Å². The number of aliphatic hydroxyl groups is 1. The van der Waals surface area contributed by atoms with E-state index in [0.717, 1.165) is 5.56 Å². The molecule has 1 saturated heterocycles. The van der Waals surface area contributed by atoms with E-state index in [0.29, 0.717) is 13.1 Å². The topological polar surface area (TPSA) is 23.5 Å². The third kappa shape index (κ3) is 2.57. The van der Waals surface area contributed by atoms with Crippen LogP contribution < -0.4 is 0 Å². The molecule has 0 unspecified atom stereocenters. The first-order valence-electron chi connectivity index (χ1n) is 6.96. The summed E-state index contributed by atoms with van der Waals surface area (Å²) in [5, 5.41) is 9.71. The summed E-state index contributed by atoms with van der Waals surface area (Å²) in [6.45, 7) is 1.46. The van der Waals surface area contributed by atoms with Gasteiger partial charge in [0.25, 0.3) is 0 Å². The first-order valence-corrected chi connectivity index (χ1v) is 6.96. The SMILES string of the molecule is OCC1(c2ccccc2)CN(Cc2c(F)cccc2F)C1. The van der Waals surface area contributed by atoms with Gasteiger partial charge < -0.3 is 5.11 Å². The molecule has 0 spiro atoms. The van der Waals surface area contributed by atoms with Gasteiger partial charge in [-0.1, -0.05) is 36.4 Å². The average Bonchev–Trinajstić information content (AvgIpc) is 2.46. The van der Waals surface area contributed by atoms with Gasteiger partial charge in [-0.05, 0) is 17.7 Å². The largest absolute Gasteiger partial charge is 0.395 e. The Balaban J connectivity index is 1.73. The lowest BCUT2D eigenvalue weighted by Crippen LogP contribution is -2.60. The fourth-order valence-electron chi connectivity index (χ4n) is 2.99. The zero-order valence-corrected chi connectivity index (χ0v) is 11.6. The average molecular weight is 289 g/mol. The summed E-state index contributed by atoms with van der Waals surface area (Å²) < 4.78 is 27.3. The van der Waals surface area contributed by atoms with Crippen LogP contribution in [0.3, 0.4) is 0 Å². The van der Waals surface area contributed by atoms with E-state index in [9.17, 15) is 13.9 Å². The maximum absolute atomic E-state index is 13.7. The molecule has 2 aromatic carbocycles. The Labute approximate surface area is 122 Å². The number of rotatable bonds is 4. The standard InChI is InChI=1S/C17H17F2NO/c18-15-7-4-8-16(19)14(15)9-20-10-17(11-20,12-21)13-5-2-1-3-6-13/h1-8,21H,9-12H2. The van der Waals surface area contributed by atoms with Crippen LogP contribution >= 0.6 is 0 Å². The minimum Gasteiger partial charge on any atom is -0.395 e. The van der Waals surface area contributed by atoms with Crippen LogP contribution in [0.25, 0.3) is 0 Å². The highest BCUT2D eigenvalue weighted by Crippen LogP contribution is 2.35. The molecule has 0 bridgehead atoms. The van der Waals surface area contributed by atoms with E-state index < -0.39 is 11.6 Å². The first kappa shape index (κ1) is 14.2. The monoisotopic (exact) mass is 289 g/mol. The van der Waals surface area contributed by atoms with Crippen molar-refractivity contribution in [1.29, 1.82) is 0 Å². The van der Waals surface area contributed by atoms with Crippen LogP contribution in [-0.4, -0.2) is 29.7 Å². The zero-order valence-electron chi connectivity index (χ0n) is 11.6. The summed E-state index contributed by atoms with van der Waals surface area (Å²) in [6.07, 6.45) is 0. The van der Waals surface area contributed by atoms with E-state index in [-0.39, 0.29) is 24.1 Å². The molecule has 2 aromatic rings. The van der Waals surface area contributed by atoms with Crippen LogP contribution in [0.2, 0.25) is 0 Å². The molecular formula is C17H17F2NO. The van der Waals surface area contributed by atoms with Crippen LogP contribution in [0.5, 0.6) is 0 Å². The fraction of sp³-hybridized carbons (Fsp3) is 0.294. The Bertz CT molecular complexity index is 604. The van der Waals surface area contributed by atoms with Crippen LogP contribution in [-0.2, 0) is 12.0 Å². The van der Waals surface area contributed by atoms with Crippen LogP contribution in [0.4, 0.5) is 8.78 Å². The lowest BCUT2D eigenvalue weighted by atomic mass is 9.74. The predicted octanol–water partition coefficient (Wildman–Crippen LogP) is 2.71. The zero-order chi connectivity index (χ0) is 14.9. The summed E-state index contributed by atoms with van der Waals surface area (Å²) in [5.74, 6) is -1.03. The highest BCUT2D eigenvalue weighted by atomic mass is 19.1. The molecule has 0 saturated carbocycles. The van der Waals surface area contributed by atoms with E-state index >= 15 is 0 Å². The maximum atomic E-state index is 13.7. The molecule has 21 heavy (non-hydrogen) atoms. The van der Waals surface area contributed by atoms with Gasteiger partial charge in [-0.2, -0.15) is 0 Å². The molecule has 3 rings (SSSR count). The van der Waals surface area contributed by atoms with Gasteiger partial charge in [0.05, 0.1) is 6.61 Å². The summed E-state index contributed by atoms with van der Waals surface area (Å²) in [4.78, 5) is 1.95. The third-order valence-electron chi connectivity index (χ3n) is 4.18. The van der Waals surface area contributed by atoms with Gasteiger partial charge in [-0.3, -0.25) is 4.90 Å². The third-order valence-corrected chi connectivity index (χ3v) is 4.18. The van der Waals surface area contributed by atoms with Crippen molar-refractivity contribution >= 4 is 0 Å². The number of benzene rings is 2. The molecule has 1 fully saturated rings. The van der Waals surface area contributed by atoms with Crippen LogP contribution in [0.15, 0.2) is 48.5 Å². The maximum Gasteiger partial charge on any atom is 0.130 e. The van der Waals surface area contributed by atoms with Crippen molar-refractivity contribution in [2.45, 2.75) is 12.0 Å². The van der Waals surface area contributed by atoms with E-state index in [4.69, 9.17) is 0 Å². The summed E-state index contributed by atoms with van der Waals surface area (Å²) in [7, 11) is 0. The predicted molar refractivity (Wildman–Crippen MR) is 76.8 cm³/mol. The van der Waals surface area contributed by atoms with E-state index in [1.807, 2.05) is 35.2 Å². The quantitative estimate of drug-likeness (QED) is 0.935. The van der Waals surface area contributed by atoms with Gasteiger partial charge >= 0.3 is 0 Å². The minimum atomic E-state index is -0.517. The van der Waals surface area contributed by atoms with Crippen molar-refractivity contribution in [2.75, 3.05) is 19.7 Å². The van der Waals surface area contributed by atoms with Gasteiger partial charge in [0.1, 0.15) is 11.6 Å². The molecule has 0 aromatic heterocycles. The van der Waals surface area contributed by atoms with Crippen LogP contribution in [0.1, 0.15) is 11.1 Å². The second kappa shape index (κ2) is 5.54. The van der Waals surface area contributed by atoms with E-state index in [1.54, 1.807) is 0 Å². The molecule has 1 heterocycles. The number of likely N-dealkylation sites (tertiary alicyclic amines) is 1. The number of nitrogens with zero attached hydrogens (tertiary/aromatic N) is 1. The van der Waals surface area contributed by atoms with Crippen molar-refractivity contribution in [3.05, 3.63) is 71.3 Å². The van der Waals surface area contributed by atoms with Gasteiger partial charge in [0.2, 0.25) is 0 Å². The second-order valence-electron chi connectivity index (χ2n) is 5.65. The fourth-order valence-corrected chi connectivity index (χ4v) is 2.99. The Morgan fingerprint density at radius 3 is 2.14 bits per heavy atom. The Morgan fingerprint density at radius 1 is 0.952 bits per heavy atom. The molecule has 1 aliphatic heterocycles. The molecule has 4 heteroatoms. The van der Waals surface area contributed by atoms with Crippen molar-refractivity contribution in [2.24, 2.45) is 0 Å². The minimum absolute atomic E-state index is 0.0350. The first-order chi connectivity index (χ1) is 10.1. The normalized spacial score (nSPS) is 17.5. The molecule has 110 valence electrons. The summed E-state index contributed by atoms with van der Waals surface area (Å²) in [6, 6.07) is 13.7. The van der Waals surface area contributed by atoms with Crippen molar-refractivity contribution in [1.82, 2.24) is 4.90 Å². The van der Waals surface area contributed by atoms with Crippen molar-refractivity contribution in [3.8, 4) is 0 Å². The van der Waals surface area contributed by atoms with Gasteiger partial charge in [0, 0.05) is 30.6 Å². The highest BCUT2D eigenvalue weighted by molar-refractivity contribution is 5.31. The van der Waals surface area contributed by atoms with E-state index in [2.05, 4.69) is 0 Å². The lowest BCUT2D eigenvalue weighted by Gasteiger charge is -2.49. The van der Waals surface area contributed by atoms with Gasteiger partial charge in [-0.15, -0.1) is 0 Å². The number of hydrogen-bond acceptors (Lipinski definition) is 2. The summed E-state index contributed by atoms with van der Waals surface area (Å²) in [5.41, 5.74) is 0.845.